The standard InChI is InChI=1S/C14H15FN4OS/c1-9-7-17-14(18-8-9)21-5-4-13(20)19-12-6-10(16)2-3-11(12)15/h2-3,6-8H,4-5,16H2,1H3,(H,19,20). The maximum Gasteiger partial charge on any atom is 0.225 e. The van der Waals surface area contributed by atoms with E-state index in [1.165, 1.54) is 30.0 Å². The van der Waals surface area contributed by atoms with Crippen LogP contribution in [0.1, 0.15) is 12.0 Å². The van der Waals surface area contributed by atoms with Gasteiger partial charge in [-0.2, -0.15) is 0 Å². The topological polar surface area (TPSA) is 80.9 Å². The lowest BCUT2D eigenvalue weighted by Crippen LogP contribution is -2.13. The Labute approximate surface area is 126 Å². The first-order chi connectivity index (χ1) is 10.0. The number of nitrogen functional groups attached to an aromatic ring is 1. The Bertz CT molecular complexity index is 633. The van der Waals surface area contributed by atoms with Crippen LogP contribution in [0.4, 0.5) is 15.8 Å². The van der Waals surface area contributed by atoms with Gasteiger partial charge in [0.05, 0.1) is 5.69 Å². The van der Waals surface area contributed by atoms with E-state index >= 15 is 0 Å². The van der Waals surface area contributed by atoms with Crippen molar-refractivity contribution in [1.29, 1.82) is 0 Å². The van der Waals surface area contributed by atoms with Gasteiger partial charge in [-0.3, -0.25) is 4.79 Å². The average Bonchev–Trinajstić information content (AvgIpc) is 2.45. The molecule has 5 nitrogen and oxygen atoms in total. The lowest BCUT2D eigenvalue weighted by atomic mass is 10.2. The zero-order valence-electron chi connectivity index (χ0n) is 11.5. The zero-order valence-corrected chi connectivity index (χ0v) is 12.3. The highest BCUT2D eigenvalue weighted by atomic mass is 32.2. The van der Waals surface area contributed by atoms with Crippen LogP contribution < -0.4 is 11.1 Å². The summed E-state index contributed by atoms with van der Waals surface area (Å²) in [4.78, 5) is 20.0. The van der Waals surface area contributed by atoms with Crippen molar-refractivity contribution in [3.8, 4) is 0 Å². The molecule has 2 rings (SSSR count). The van der Waals surface area contributed by atoms with Crippen molar-refractivity contribution in [2.75, 3.05) is 16.8 Å². The molecule has 1 amide bonds. The van der Waals surface area contributed by atoms with E-state index in [0.717, 1.165) is 5.56 Å². The van der Waals surface area contributed by atoms with Gasteiger partial charge in [-0.1, -0.05) is 11.8 Å². The molecule has 0 saturated carbocycles. The van der Waals surface area contributed by atoms with Crippen molar-refractivity contribution < 1.29 is 9.18 Å². The normalized spacial score (nSPS) is 10.4. The second-order valence-electron chi connectivity index (χ2n) is 4.43. The van der Waals surface area contributed by atoms with Gasteiger partial charge in [-0.25, -0.2) is 14.4 Å². The Morgan fingerprint density at radius 3 is 2.81 bits per heavy atom. The largest absolute Gasteiger partial charge is 0.399 e. The molecule has 7 heteroatoms. The van der Waals surface area contributed by atoms with Gasteiger partial charge in [0, 0.05) is 30.3 Å². The molecule has 0 radical (unpaired) electrons. The summed E-state index contributed by atoms with van der Waals surface area (Å²) in [5.41, 5.74) is 7.03. The van der Waals surface area contributed by atoms with Crippen LogP contribution in [-0.2, 0) is 4.79 Å². The highest BCUT2D eigenvalue weighted by Crippen LogP contribution is 2.18. The Kier molecular flexibility index (Phi) is 5.10. The summed E-state index contributed by atoms with van der Waals surface area (Å²) < 4.78 is 13.5. The number of nitrogens with two attached hydrogens (primary N) is 1. The molecule has 1 aromatic heterocycles. The molecule has 1 heterocycles. The van der Waals surface area contributed by atoms with Crippen LogP contribution in [0.2, 0.25) is 0 Å². The molecule has 0 unspecified atom stereocenters. The Morgan fingerprint density at radius 2 is 2.10 bits per heavy atom. The van der Waals surface area contributed by atoms with Crippen LogP contribution in [0.15, 0.2) is 35.7 Å². The maximum atomic E-state index is 13.5. The number of anilines is 2. The fourth-order valence-electron chi connectivity index (χ4n) is 1.54. The summed E-state index contributed by atoms with van der Waals surface area (Å²) in [5, 5.41) is 3.11. The maximum absolute atomic E-state index is 13.5. The lowest BCUT2D eigenvalue weighted by Gasteiger charge is -2.07. The van der Waals surface area contributed by atoms with E-state index in [2.05, 4.69) is 15.3 Å². The van der Waals surface area contributed by atoms with Crippen molar-refractivity contribution in [3.05, 3.63) is 42.0 Å². The number of hydrogen-bond acceptors (Lipinski definition) is 5. The number of benzene rings is 1. The number of aromatic nitrogens is 2. The van der Waals surface area contributed by atoms with Gasteiger partial charge in [-0.05, 0) is 30.7 Å². The first kappa shape index (κ1) is 15.2. The third-order valence-corrected chi connectivity index (χ3v) is 3.46. The van der Waals surface area contributed by atoms with E-state index < -0.39 is 5.82 Å². The van der Waals surface area contributed by atoms with Crippen molar-refractivity contribution in [2.45, 2.75) is 18.5 Å². The minimum absolute atomic E-state index is 0.0941. The quantitative estimate of drug-likeness (QED) is 0.504. The van der Waals surface area contributed by atoms with Gasteiger partial charge in [0.2, 0.25) is 5.91 Å². The highest BCUT2D eigenvalue weighted by molar-refractivity contribution is 7.99. The average molecular weight is 306 g/mol. The molecular weight excluding hydrogens is 291 g/mol. The number of aryl methyl sites for hydroxylation is 1. The number of halogens is 1. The number of rotatable bonds is 5. The summed E-state index contributed by atoms with van der Waals surface area (Å²) >= 11 is 1.37. The van der Waals surface area contributed by atoms with Crippen molar-refractivity contribution in [2.24, 2.45) is 0 Å². The van der Waals surface area contributed by atoms with E-state index in [1.807, 2.05) is 6.92 Å². The molecule has 0 aliphatic carbocycles. The van der Waals surface area contributed by atoms with Gasteiger partial charge in [0.1, 0.15) is 5.82 Å². The van der Waals surface area contributed by atoms with E-state index in [-0.39, 0.29) is 18.0 Å². The number of hydrogen-bond donors (Lipinski definition) is 2. The molecule has 0 spiro atoms. The molecule has 110 valence electrons. The van der Waals surface area contributed by atoms with Crippen LogP contribution in [0.25, 0.3) is 0 Å². The van der Waals surface area contributed by atoms with Gasteiger partial charge in [0.15, 0.2) is 5.16 Å². The van der Waals surface area contributed by atoms with Crippen molar-refractivity contribution in [3.63, 3.8) is 0 Å². The van der Waals surface area contributed by atoms with E-state index in [4.69, 9.17) is 5.73 Å². The number of thioether (sulfide) groups is 1. The summed E-state index contributed by atoms with van der Waals surface area (Å²) in [5.74, 6) is -0.273. The van der Waals surface area contributed by atoms with Crippen molar-refractivity contribution >= 4 is 29.0 Å². The third-order valence-electron chi connectivity index (χ3n) is 2.58. The number of amides is 1. The van der Waals surface area contributed by atoms with Gasteiger partial charge < -0.3 is 11.1 Å². The number of nitrogens with zero attached hydrogens (tertiary/aromatic N) is 2. The molecule has 1 aromatic carbocycles. The molecule has 21 heavy (non-hydrogen) atoms. The molecule has 3 N–H and O–H groups in total. The predicted molar refractivity (Wildman–Crippen MR) is 81.6 cm³/mol. The van der Waals surface area contributed by atoms with E-state index in [0.29, 0.717) is 16.6 Å². The second-order valence-corrected chi connectivity index (χ2v) is 5.49. The second kappa shape index (κ2) is 7.03. The number of carbonyl (C=O) groups excluding carboxylic acids is 1. The van der Waals surface area contributed by atoms with Crippen LogP contribution in [0.5, 0.6) is 0 Å². The number of nitrogens with one attached hydrogen (secondary N) is 1. The molecule has 0 aliphatic rings. The Morgan fingerprint density at radius 1 is 1.38 bits per heavy atom. The lowest BCUT2D eigenvalue weighted by molar-refractivity contribution is -0.115. The third kappa shape index (κ3) is 4.71. The van der Waals surface area contributed by atoms with E-state index in [1.54, 1.807) is 12.4 Å². The summed E-state index contributed by atoms with van der Waals surface area (Å²) in [6, 6.07) is 4.05. The Balaban J connectivity index is 1.82. The monoisotopic (exact) mass is 306 g/mol. The van der Waals surface area contributed by atoms with Gasteiger partial charge in [0.25, 0.3) is 0 Å². The minimum atomic E-state index is -0.507. The fourth-order valence-corrected chi connectivity index (χ4v) is 2.27. The number of carbonyl (C=O) groups is 1. The molecule has 0 saturated heterocycles. The first-order valence-corrected chi connectivity index (χ1v) is 7.29. The molecule has 0 aliphatic heterocycles. The van der Waals surface area contributed by atoms with Crippen LogP contribution in [-0.4, -0.2) is 21.6 Å². The first-order valence-electron chi connectivity index (χ1n) is 6.31. The SMILES string of the molecule is Cc1cnc(SCCC(=O)Nc2cc(N)ccc2F)nc1. The molecule has 0 fully saturated rings. The van der Waals surface area contributed by atoms with Gasteiger partial charge >= 0.3 is 0 Å². The molecule has 0 atom stereocenters. The highest BCUT2D eigenvalue weighted by Gasteiger charge is 2.08. The van der Waals surface area contributed by atoms with Crippen LogP contribution in [0.3, 0.4) is 0 Å². The summed E-state index contributed by atoms with van der Waals surface area (Å²) in [7, 11) is 0. The fraction of sp³-hybridized carbons (Fsp3) is 0.214. The van der Waals surface area contributed by atoms with E-state index in [9.17, 15) is 9.18 Å². The zero-order chi connectivity index (χ0) is 15.2. The molecular formula is C14H15FN4OS. The predicted octanol–water partition coefficient (Wildman–Crippen LogP) is 2.63. The van der Waals surface area contributed by atoms with Gasteiger partial charge in [-0.15, -0.1) is 0 Å². The summed E-state index contributed by atoms with van der Waals surface area (Å²) in [6.07, 6.45) is 3.67. The Hall–Kier alpha value is -2.15. The smallest absolute Gasteiger partial charge is 0.225 e. The van der Waals surface area contributed by atoms with Crippen LogP contribution in [0, 0.1) is 12.7 Å². The summed E-state index contributed by atoms with van der Waals surface area (Å²) in [6.45, 7) is 1.90. The molecule has 0 bridgehead atoms. The van der Waals surface area contributed by atoms with Crippen LogP contribution >= 0.6 is 11.8 Å². The van der Waals surface area contributed by atoms with Crippen molar-refractivity contribution in [1.82, 2.24) is 9.97 Å². The minimum Gasteiger partial charge on any atom is -0.399 e. The molecule has 2 aromatic rings.